The zero-order valence-electron chi connectivity index (χ0n) is 11.8. The lowest BCUT2D eigenvalue weighted by atomic mass is 10.1. The third-order valence-electron chi connectivity index (χ3n) is 2.98. The maximum atomic E-state index is 13.1. The molecule has 1 aromatic carbocycles. The number of aliphatic hydroxyl groups excluding tert-OH is 1. The zero-order chi connectivity index (χ0) is 15.2. The van der Waals surface area contributed by atoms with Crippen molar-refractivity contribution in [3.63, 3.8) is 0 Å². The number of aromatic nitrogens is 2. The molecule has 1 heterocycles. The van der Waals surface area contributed by atoms with Crippen LogP contribution < -0.4 is 5.32 Å². The van der Waals surface area contributed by atoms with Gasteiger partial charge in [0.05, 0.1) is 24.4 Å². The molecule has 0 saturated heterocycles. The molecule has 0 aliphatic carbocycles. The molecular formula is C15H18FN3O2. The topological polar surface area (TPSA) is 67.2 Å². The van der Waals surface area contributed by atoms with Crippen LogP contribution in [0.3, 0.4) is 0 Å². The van der Waals surface area contributed by atoms with Crippen molar-refractivity contribution in [2.75, 3.05) is 5.32 Å². The second-order valence-electron chi connectivity index (χ2n) is 4.82. The van der Waals surface area contributed by atoms with Gasteiger partial charge in [-0.15, -0.1) is 0 Å². The summed E-state index contributed by atoms with van der Waals surface area (Å²) < 4.78 is 14.8. The van der Waals surface area contributed by atoms with E-state index in [0.29, 0.717) is 11.3 Å². The van der Waals surface area contributed by atoms with Crippen molar-refractivity contribution < 1.29 is 14.3 Å². The highest BCUT2D eigenvalue weighted by Gasteiger charge is 2.14. The lowest BCUT2D eigenvalue weighted by Gasteiger charge is -2.10. The van der Waals surface area contributed by atoms with Gasteiger partial charge in [0.25, 0.3) is 0 Å². The number of aryl methyl sites for hydroxylation is 1. The molecule has 0 fully saturated rings. The number of benzene rings is 1. The van der Waals surface area contributed by atoms with E-state index in [1.165, 1.54) is 18.2 Å². The highest BCUT2D eigenvalue weighted by molar-refractivity contribution is 5.90. The molecule has 2 rings (SSSR count). The Morgan fingerprint density at radius 3 is 3.05 bits per heavy atom. The predicted molar refractivity (Wildman–Crippen MR) is 77.1 cm³/mol. The molecule has 112 valence electrons. The minimum absolute atomic E-state index is 0.136. The van der Waals surface area contributed by atoms with Crippen LogP contribution in [0.5, 0.6) is 0 Å². The van der Waals surface area contributed by atoms with Crippen LogP contribution in [0.1, 0.15) is 31.4 Å². The molecule has 0 radical (unpaired) electrons. The Kier molecular flexibility index (Phi) is 5.05. The summed E-state index contributed by atoms with van der Waals surface area (Å²) in [5.74, 6) is -0.782. The van der Waals surface area contributed by atoms with E-state index in [-0.39, 0.29) is 12.3 Å². The zero-order valence-corrected chi connectivity index (χ0v) is 11.8. The van der Waals surface area contributed by atoms with E-state index >= 15 is 0 Å². The highest BCUT2D eigenvalue weighted by Crippen LogP contribution is 2.18. The normalized spacial score (nSPS) is 12.1. The average Bonchev–Trinajstić information content (AvgIpc) is 2.86. The smallest absolute Gasteiger partial charge is 0.227 e. The number of halogens is 1. The van der Waals surface area contributed by atoms with Crippen LogP contribution in [0.25, 0.3) is 0 Å². The molecule has 21 heavy (non-hydrogen) atoms. The molecule has 2 N–H and O–H groups in total. The molecule has 6 heteroatoms. The monoisotopic (exact) mass is 291 g/mol. The van der Waals surface area contributed by atoms with E-state index in [0.717, 1.165) is 13.0 Å². The van der Waals surface area contributed by atoms with Crippen LogP contribution in [0.15, 0.2) is 36.7 Å². The Hall–Kier alpha value is -2.21. The molecule has 1 unspecified atom stereocenters. The first kappa shape index (κ1) is 15.2. The van der Waals surface area contributed by atoms with Gasteiger partial charge < -0.3 is 10.4 Å². The minimum atomic E-state index is -1.04. The van der Waals surface area contributed by atoms with E-state index in [4.69, 9.17) is 0 Å². The molecule has 2 aromatic rings. The van der Waals surface area contributed by atoms with Gasteiger partial charge in [-0.1, -0.05) is 19.1 Å². The molecule has 1 aromatic heterocycles. The van der Waals surface area contributed by atoms with Gasteiger partial charge in [-0.3, -0.25) is 9.48 Å². The summed E-state index contributed by atoms with van der Waals surface area (Å²) in [5, 5.41) is 16.7. The molecule has 0 saturated carbocycles. The fourth-order valence-corrected chi connectivity index (χ4v) is 2.00. The number of rotatable bonds is 6. The first-order chi connectivity index (χ1) is 10.1. The Balaban J connectivity index is 1.91. The average molecular weight is 291 g/mol. The second-order valence-corrected chi connectivity index (χ2v) is 4.82. The molecule has 0 aliphatic rings. The summed E-state index contributed by atoms with van der Waals surface area (Å²) in [6.45, 7) is 2.82. The summed E-state index contributed by atoms with van der Waals surface area (Å²) in [6.07, 6.45) is 3.07. The van der Waals surface area contributed by atoms with Crippen molar-refractivity contribution in [3.8, 4) is 0 Å². The standard InChI is InChI=1S/C15H18FN3O2/c1-2-6-19-10-13(9-17-19)18-15(21)8-14(20)11-4-3-5-12(16)7-11/h3-5,7,9-10,14,20H,2,6,8H2,1H3,(H,18,21). The van der Waals surface area contributed by atoms with Crippen LogP contribution >= 0.6 is 0 Å². The third-order valence-corrected chi connectivity index (χ3v) is 2.98. The number of hydrogen-bond donors (Lipinski definition) is 2. The van der Waals surface area contributed by atoms with E-state index in [9.17, 15) is 14.3 Å². The molecule has 1 atom stereocenters. The van der Waals surface area contributed by atoms with Gasteiger partial charge in [0.15, 0.2) is 0 Å². The van der Waals surface area contributed by atoms with Gasteiger partial charge in [0, 0.05) is 12.7 Å². The summed E-state index contributed by atoms with van der Waals surface area (Å²) in [6, 6.07) is 5.59. The van der Waals surface area contributed by atoms with Crippen LogP contribution in [-0.2, 0) is 11.3 Å². The number of nitrogens with zero attached hydrogens (tertiary/aromatic N) is 2. The maximum absolute atomic E-state index is 13.1. The van der Waals surface area contributed by atoms with Gasteiger partial charge in [-0.25, -0.2) is 4.39 Å². The largest absolute Gasteiger partial charge is 0.388 e. The molecule has 1 amide bonds. The van der Waals surface area contributed by atoms with Crippen molar-refractivity contribution in [1.29, 1.82) is 0 Å². The summed E-state index contributed by atoms with van der Waals surface area (Å²) >= 11 is 0. The first-order valence-corrected chi connectivity index (χ1v) is 6.84. The lowest BCUT2D eigenvalue weighted by molar-refractivity contribution is -0.118. The quantitative estimate of drug-likeness (QED) is 0.859. The number of carbonyl (C=O) groups excluding carboxylic acids is 1. The van der Waals surface area contributed by atoms with Crippen molar-refractivity contribution in [2.24, 2.45) is 0 Å². The van der Waals surface area contributed by atoms with Crippen LogP contribution in [0.4, 0.5) is 10.1 Å². The number of carbonyl (C=O) groups is 1. The van der Waals surface area contributed by atoms with Gasteiger partial charge in [0.1, 0.15) is 5.82 Å². The Morgan fingerprint density at radius 1 is 1.52 bits per heavy atom. The molecule has 5 nitrogen and oxygen atoms in total. The van der Waals surface area contributed by atoms with Gasteiger partial charge in [0.2, 0.25) is 5.91 Å². The van der Waals surface area contributed by atoms with Crippen LogP contribution in [0, 0.1) is 5.82 Å². The fourth-order valence-electron chi connectivity index (χ4n) is 2.00. The van der Waals surface area contributed by atoms with E-state index < -0.39 is 11.9 Å². The van der Waals surface area contributed by atoms with E-state index in [2.05, 4.69) is 10.4 Å². The summed E-state index contributed by atoms with van der Waals surface area (Å²) in [7, 11) is 0. The highest BCUT2D eigenvalue weighted by atomic mass is 19.1. The molecular weight excluding hydrogens is 273 g/mol. The first-order valence-electron chi connectivity index (χ1n) is 6.84. The third kappa shape index (κ3) is 4.39. The minimum Gasteiger partial charge on any atom is -0.388 e. The lowest BCUT2D eigenvalue weighted by Crippen LogP contribution is -2.15. The maximum Gasteiger partial charge on any atom is 0.227 e. The molecule has 0 spiro atoms. The second kappa shape index (κ2) is 6.99. The Morgan fingerprint density at radius 2 is 2.33 bits per heavy atom. The van der Waals surface area contributed by atoms with E-state index in [1.807, 2.05) is 6.92 Å². The number of nitrogens with one attached hydrogen (secondary N) is 1. The Bertz CT molecular complexity index is 612. The molecule has 0 bridgehead atoms. The summed E-state index contributed by atoms with van der Waals surface area (Å²) in [5.41, 5.74) is 0.965. The number of hydrogen-bond acceptors (Lipinski definition) is 3. The predicted octanol–water partition coefficient (Wildman–Crippen LogP) is 2.49. The van der Waals surface area contributed by atoms with Crippen molar-refractivity contribution in [2.45, 2.75) is 32.4 Å². The van der Waals surface area contributed by atoms with Crippen molar-refractivity contribution in [1.82, 2.24) is 9.78 Å². The number of aliphatic hydroxyl groups is 1. The van der Waals surface area contributed by atoms with Gasteiger partial charge in [-0.2, -0.15) is 5.10 Å². The summed E-state index contributed by atoms with van der Waals surface area (Å²) in [4.78, 5) is 11.8. The van der Waals surface area contributed by atoms with Crippen LogP contribution in [0.2, 0.25) is 0 Å². The molecule has 0 aliphatic heterocycles. The van der Waals surface area contributed by atoms with Crippen LogP contribution in [-0.4, -0.2) is 20.8 Å². The SMILES string of the molecule is CCCn1cc(NC(=O)CC(O)c2cccc(F)c2)cn1. The Labute approximate surface area is 122 Å². The van der Waals surface area contributed by atoms with Crippen molar-refractivity contribution in [3.05, 3.63) is 48.0 Å². The number of anilines is 1. The van der Waals surface area contributed by atoms with Gasteiger partial charge in [-0.05, 0) is 24.1 Å². The number of amides is 1. The van der Waals surface area contributed by atoms with E-state index in [1.54, 1.807) is 23.1 Å². The fraction of sp³-hybridized carbons (Fsp3) is 0.333. The van der Waals surface area contributed by atoms with Gasteiger partial charge >= 0.3 is 0 Å². The van der Waals surface area contributed by atoms with Crippen molar-refractivity contribution >= 4 is 11.6 Å².